The molecule has 0 amide bonds. The minimum absolute atomic E-state index is 0.323. The van der Waals surface area contributed by atoms with Crippen LogP contribution in [0.5, 0.6) is 0 Å². The van der Waals surface area contributed by atoms with Crippen LogP contribution in [0.1, 0.15) is 19.2 Å². The normalized spacial score (nSPS) is 10.6. The van der Waals surface area contributed by atoms with Crippen molar-refractivity contribution in [3.8, 4) is 0 Å². The second kappa shape index (κ2) is 6.03. The summed E-state index contributed by atoms with van der Waals surface area (Å²) < 4.78 is 0. The zero-order valence-electron chi connectivity index (χ0n) is 10.3. The molecule has 8 heteroatoms. The SMILES string of the molecule is CCCc1nc(Cl)cc(Sc2nc(N)cc(N)n2)n1. The van der Waals surface area contributed by atoms with Crippen molar-refractivity contribution in [1.82, 2.24) is 19.9 Å². The lowest BCUT2D eigenvalue weighted by Gasteiger charge is -2.04. The molecule has 0 aliphatic carbocycles. The smallest absolute Gasteiger partial charge is 0.197 e. The van der Waals surface area contributed by atoms with Crippen molar-refractivity contribution in [2.45, 2.75) is 29.9 Å². The van der Waals surface area contributed by atoms with E-state index in [9.17, 15) is 0 Å². The van der Waals surface area contributed by atoms with E-state index in [4.69, 9.17) is 23.1 Å². The first-order valence-corrected chi connectivity index (χ1v) is 6.87. The van der Waals surface area contributed by atoms with Gasteiger partial charge in [0, 0.05) is 18.6 Å². The average Bonchev–Trinajstić information content (AvgIpc) is 2.26. The third kappa shape index (κ3) is 3.93. The molecule has 2 aromatic heterocycles. The molecule has 0 saturated heterocycles. The Labute approximate surface area is 120 Å². The van der Waals surface area contributed by atoms with Gasteiger partial charge in [0.25, 0.3) is 0 Å². The number of hydrogen-bond donors (Lipinski definition) is 2. The van der Waals surface area contributed by atoms with Gasteiger partial charge in [-0.05, 0) is 18.2 Å². The molecule has 0 unspecified atom stereocenters. The van der Waals surface area contributed by atoms with E-state index in [1.54, 1.807) is 6.07 Å². The molecule has 2 rings (SSSR count). The zero-order chi connectivity index (χ0) is 13.8. The van der Waals surface area contributed by atoms with Crippen molar-refractivity contribution in [2.24, 2.45) is 0 Å². The van der Waals surface area contributed by atoms with Gasteiger partial charge >= 0.3 is 0 Å². The standard InChI is InChI=1S/C11H13ClN6S/c1-2-3-9-15-6(12)4-10(18-9)19-11-16-7(13)5-8(14)17-11/h4-5H,2-3H2,1H3,(H4,13,14,16,17). The van der Waals surface area contributed by atoms with Crippen molar-refractivity contribution in [3.63, 3.8) is 0 Å². The molecule has 0 atom stereocenters. The second-order valence-corrected chi connectivity index (χ2v) is 5.17. The third-order valence-electron chi connectivity index (χ3n) is 2.13. The lowest BCUT2D eigenvalue weighted by molar-refractivity contribution is 0.808. The molecule has 0 spiro atoms. The molecule has 0 radical (unpaired) electrons. The van der Waals surface area contributed by atoms with Gasteiger partial charge < -0.3 is 11.5 Å². The fourth-order valence-electron chi connectivity index (χ4n) is 1.43. The summed E-state index contributed by atoms with van der Waals surface area (Å²) in [4.78, 5) is 16.7. The molecule has 0 bridgehead atoms. The summed E-state index contributed by atoms with van der Waals surface area (Å²) in [7, 11) is 0. The molecule has 6 nitrogen and oxygen atoms in total. The van der Waals surface area contributed by atoms with Gasteiger partial charge in [-0.25, -0.2) is 19.9 Å². The Morgan fingerprint density at radius 3 is 2.42 bits per heavy atom. The predicted octanol–water partition coefficient (Wildman–Crippen LogP) is 2.19. The number of aryl methyl sites for hydroxylation is 1. The summed E-state index contributed by atoms with van der Waals surface area (Å²) in [5.41, 5.74) is 11.2. The Kier molecular flexibility index (Phi) is 4.39. The minimum Gasteiger partial charge on any atom is -0.383 e. The third-order valence-corrected chi connectivity index (χ3v) is 3.11. The van der Waals surface area contributed by atoms with Gasteiger partial charge in [0.1, 0.15) is 27.6 Å². The fraction of sp³-hybridized carbons (Fsp3) is 0.273. The van der Waals surface area contributed by atoms with Crippen LogP contribution in [-0.2, 0) is 6.42 Å². The van der Waals surface area contributed by atoms with Gasteiger partial charge in [0.05, 0.1) is 0 Å². The van der Waals surface area contributed by atoms with E-state index in [0.717, 1.165) is 12.8 Å². The number of aromatic nitrogens is 4. The summed E-state index contributed by atoms with van der Waals surface area (Å²) in [6.07, 6.45) is 1.72. The first kappa shape index (κ1) is 13.8. The summed E-state index contributed by atoms with van der Waals surface area (Å²) in [5, 5.41) is 1.51. The number of anilines is 2. The molecule has 0 saturated carbocycles. The Balaban J connectivity index is 2.27. The molecule has 100 valence electrons. The maximum Gasteiger partial charge on any atom is 0.197 e. The fourth-order valence-corrected chi connectivity index (χ4v) is 2.51. The molecule has 0 aliphatic heterocycles. The van der Waals surface area contributed by atoms with E-state index in [0.29, 0.717) is 32.8 Å². The summed E-state index contributed by atoms with van der Waals surface area (Å²) in [6, 6.07) is 3.16. The van der Waals surface area contributed by atoms with E-state index in [-0.39, 0.29) is 0 Å². The largest absolute Gasteiger partial charge is 0.383 e. The molecule has 0 aromatic carbocycles. The van der Waals surface area contributed by atoms with Gasteiger partial charge in [0.2, 0.25) is 0 Å². The number of rotatable bonds is 4. The molecular formula is C11H13ClN6S. The maximum atomic E-state index is 5.96. The predicted molar refractivity (Wildman–Crippen MR) is 76.0 cm³/mol. The number of nitrogens with two attached hydrogens (primary N) is 2. The second-order valence-electron chi connectivity index (χ2n) is 3.80. The highest BCUT2D eigenvalue weighted by molar-refractivity contribution is 7.99. The molecular weight excluding hydrogens is 284 g/mol. The van der Waals surface area contributed by atoms with E-state index in [2.05, 4.69) is 26.9 Å². The topological polar surface area (TPSA) is 104 Å². The molecule has 2 aromatic rings. The molecule has 0 fully saturated rings. The number of nitrogens with zero attached hydrogens (tertiary/aromatic N) is 4. The summed E-state index contributed by atoms with van der Waals surface area (Å²) >= 11 is 7.21. The van der Waals surface area contributed by atoms with Crippen LogP contribution in [0.25, 0.3) is 0 Å². The van der Waals surface area contributed by atoms with E-state index in [1.807, 2.05) is 0 Å². The molecule has 19 heavy (non-hydrogen) atoms. The van der Waals surface area contributed by atoms with Crippen molar-refractivity contribution < 1.29 is 0 Å². The van der Waals surface area contributed by atoms with Crippen LogP contribution in [0.4, 0.5) is 11.6 Å². The maximum absolute atomic E-state index is 5.96. The Morgan fingerprint density at radius 2 is 1.79 bits per heavy atom. The lowest BCUT2D eigenvalue weighted by Crippen LogP contribution is -2.00. The van der Waals surface area contributed by atoms with Gasteiger partial charge in [-0.3, -0.25) is 0 Å². The first-order chi connectivity index (χ1) is 9.06. The Morgan fingerprint density at radius 1 is 1.11 bits per heavy atom. The van der Waals surface area contributed by atoms with E-state index < -0.39 is 0 Å². The van der Waals surface area contributed by atoms with E-state index in [1.165, 1.54) is 17.8 Å². The van der Waals surface area contributed by atoms with E-state index >= 15 is 0 Å². The van der Waals surface area contributed by atoms with Crippen LogP contribution in [0, 0.1) is 0 Å². The van der Waals surface area contributed by atoms with Crippen molar-refractivity contribution in [3.05, 3.63) is 23.1 Å². The highest BCUT2D eigenvalue weighted by atomic mass is 35.5. The van der Waals surface area contributed by atoms with Crippen LogP contribution >= 0.6 is 23.4 Å². The number of halogens is 1. The van der Waals surface area contributed by atoms with Crippen molar-refractivity contribution >= 4 is 35.0 Å². The van der Waals surface area contributed by atoms with Gasteiger partial charge in [-0.1, -0.05) is 18.5 Å². The molecule has 4 N–H and O–H groups in total. The van der Waals surface area contributed by atoms with Gasteiger partial charge in [-0.15, -0.1) is 0 Å². The lowest BCUT2D eigenvalue weighted by atomic mass is 10.3. The summed E-state index contributed by atoms with van der Waals surface area (Å²) in [5.74, 6) is 1.35. The monoisotopic (exact) mass is 296 g/mol. The minimum atomic E-state index is 0.323. The highest BCUT2D eigenvalue weighted by Gasteiger charge is 2.08. The molecule has 2 heterocycles. The van der Waals surface area contributed by atoms with Gasteiger partial charge in [-0.2, -0.15) is 0 Å². The Bertz CT molecular complexity index is 571. The van der Waals surface area contributed by atoms with Crippen LogP contribution in [0.2, 0.25) is 5.15 Å². The van der Waals surface area contributed by atoms with Crippen molar-refractivity contribution in [2.75, 3.05) is 11.5 Å². The van der Waals surface area contributed by atoms with Crippen molar-refractivity contribution in [1.29, 1.82) is 0 Å². The van der Waals surface area contributed by atoms with Crippen LogP contribution < -0.4 is 11.5 Å². The average molecular weight is 297 g/mol. The summed E-state index contributed by atoms with van der Waals surface area (Å²) in [6.45, 7) is 2.05. The van der Waals surface area contributed by atoms with Crippen LogP contribution in [0.15, 0.2) is 22.3 Å². The first-order valence-electron chi connectivity index (χ1n) is 5.68. The van der Waals surface area contributed by atoms with Crippen LogP contribution in [-0.4, -0.2) is 19.9 Å². The van der Waals surface area contributed by atoms with Gasteiger partial charge in [0.15, 0.2) is 5.16 Å². The quantitative estimate of drug-likeness (QED) is 0.658. The molecule has 0 aliphatic rings. The van der Waals surface area contributed by atoms with Crippen LogP contribution in [0.3, 0.4) is 0 Å². The number of hydrogen-bond acceptors (Lipinski definition) is 7. The highest BCUT2D eigenvalue weighted by Crippen LogP contribution is 2.26. The number of nitrogen functional groups attached to an aromatic ring is 2. The zero-order valence-corrected chi connectivity index (χ0v) is 11.9. The Hall–Kier alpha value is -1.60.